The zero-order valence-electron chi connectivity index (χ0n) is 13.6. The molecule has 2 atom stereocenters. The quantitative estimate of drug-likeness (QED) is 0.807. The smallest absolute Gasteiger partial charge is 0.224 e. The van der Waals surface area contributed by atoms with Gasteiger partial charge in [-0.05, 0) is 29.7 Å². The van der Waals surface area contributed by atoms with E-state index in [0.29, 0.717) is 13.0 Å². The van der Waals surface area contributed by atoms with Crippen LogP contribution in [0.5, 0.6) is 0 Å². The fraction of sp³-hybridized carbons (Fsp3) is 0.800. The van der Waals surface area contributed by atoms with Crippen molar-refractivity contribution in [2.45, 2.75) is 64.1 Å². The highest BCUT2D eigenvalue weighted by molar-refractivity contribution is 5.77. The van der Waals surface area contributed by atoms with Gasteiger partial charge in [0, 0.05) is 26.4 Å². The van der Waals surface area contributed by atoms with Gasteiger partial charge in [0.05, 0.1) is 18.6 Å². The Bertz CT molecular complexity index is 546. The Morgan fingerprint density at radius 2 is 1.91 bits per heavy atom. The molecule has 0 spiro atoms. The second kappa shape index (κ2) is 7.06. The Morgan fingerprint density at radius 1 is 1.09 bits per heavy atom. The molecule has 0 bridgehead atoms. The fourth-order valence-electron chi connectivity index (χ4n) is 3.86. The Hall–Kier alpha value is -1.99. The second-order valence-corrected chi connectivity index (χ2v) is 6.40. The number of hydrogen-bond acceptors (Lipinski definition) is 5. The number of tetrazole rings is 1. The summed E-state index contributed by atoms with van der Waals surface area (Å²) in [6, 6.07) is 0.352. The fourth-order valence-corrected chi connectivity index (χ4v) is 3.86. The molecule has 0 aliphatic carbocycles. The number of amides is 2. The highest BCUT2D eigenvalue weighted by atomic mass is 16.2. The highest BCUT2D eigenvalue weighted by Crippen LogP contribution is 2.30. The number of aromatic nitrogens is 4. The largest absolute Gasteiger partial charge is 0.338 e. The molecule has 8 heteroatoms. The van der Waals surface area contributed by atoms with Gasteiger partial charge in [-0.15, -0.1) is 5.10 Å². The van der Waals surface area contributed by atoms with E-state index in [9.17, 15) is 9.59 Å². The minimum absolute atomic E-state index is 0.124. The summed E-state index contributed by atoms with van der Waals surface area (Å²) in [5.74, 6) is 0.266. The number of carbonyl (C=O) groups excluding carboxylic acids is 2. The van der Waals surface area contributed by atoms with E-state index in [1.807, 2.05) is 9.80 Å². The van der Waals surface area contributed by atoms with Crippen LogP contribution in [-0.2, 0) is 16.1 Å². The van der Waals surface area contributed by atoms with Crippen molar-refractivity contribution in [3.63, 3.8) is 0 Å². The number of hydrogen-bond donors (Lipinski definition) is 0. The van der Waals surface area contributed by atoms with Gasteiger partial charge >= 0.3 is 0 Å². The number of fused-ring (bicyclic) bond motifs is 1. The minimum Gasteiger partial charge on any atom is -0.338 e. The van der Waals surface area contributed by atoms with Crippen LogP contribution >= 0.6 is 0 Å². The normalized spacial score (nSPS) is 24.9. The summed E-state index contributed by atoms with van der Waals surface area (Å²) in [6.07, 6.45) is 7.11. The molecule has 0 saturated carbocycles. The van der Waals surface area contributed by atoms with Crippen molar-refractivity contribution in [2.75, 3.05) is 13.1 Å². The maximum absolute atomic E-state index is 12.7. The molecule has 2 aliphatic heterocycles. The maximum Gasteiger partial charge on any atom is 0.224 e. The van der Waals surface area contributed by atoms with Crippen LogP contribution in [0.1, 0.15) is 45.4 Å². The van der Waals surface area contributed by atoms with E-state index in [4.69, 9.17) is 0 Å². The SMILES string of the molecule is CC(=O)N1CC[C@H]2[C@H]1CCCCCN2C(=O)CCn1cnnn1. The summed E-state index contributed by atoms with van der Waals surface area (Å²) < 4.78 is 1.58. The van der Waals surface area contributed by atoms with E-state index in [1.165, 1.54) is 6.33 Å². The Kier molecular flexibility index (Phi) is 4.88. The number of rotatable bonds is 3. The third-order valence-electron chi connectivity index (χ3n) is 4.98. The molecule has 3 rings (SSSR count). The first-order chi connectivity index (χ1) is 11.2. The van der Waals surface area contributed by atoms with E-state index < -0.39 is 0 Å². The lowest BCUT2D eigenvalue weighted by molar-refractivity contribution is -0.137. The zero-order valence-corrected chi connectivity index (χ0v) is 13.6. The lowest BCUT2D eigenvalue weighted by Gasteiger charge is -2.37. The molecule has 1 aromatic heterocycles. The van der Waals surface area contributed by atoms with Crippen LogP contribution in [0.15, 0.2) is 6.33 Å². The predicted molar refractivity (Wildman–Crippen MR) is 82.2 cm³/mol. The molecule has 1 aromatic rings. The second-order valence-electron chi connectivity index (χ2n) is 6.40. The molecule has 2 fully saturated rings. The van der Waals surface area contributed by atoms with Gasteiger partial charge in [0.1, 0.15) is 6.33 Å². The van der Waals surface area contributed by atoms with Gasteiger partial charge in [-0.3, -0.25) is 9.59 Å². The first-order valence-corrected chi connectivity index (χ1v) is 8.44. The Labute approximate surface area is 135 Å². The summed E-state index contributed by atoms with van der Waals surface area (Å²) in [7, 11) is 0. The van der Waals surface area contributed by atoms with Crippen molar-refractivity contribution in [3.8, 4) is 0 Å². The first-order valence-electron chi connectivity index (χ1n) is 8.44. The van der Waals surface area contributed by atoms with Crippen molar-refractivity contribution in [3.05, 3.63) is 6.33 Å². The Balaban J connectivity index is 1.68. The molecule has 8 nitrogen and oxygen atoms in total. The van der Waals surface area contributed by atoms with Crippen LogP contribution in [0, 0.1) is 0 Å². The molecule has 23 heavy (non-hydrogen) atoms. The van der Waals surface area contributed by atoms with Gasteiger partial charge < -0.3 is 9.80 Å². The van der Waals surface area contributed by atoms with Gasteiger partial charge in [0.25, 0.3) is 0 Å². The number of nitrogens with zero attached hydrogens (tertiary/aromatic N) is 6. The number of aryl methyl sites for hydroxylation is 1. The van der Waals surface area contributed by atoms with Crippen LogP contribution in [0.25, 0.3) is 0 Å². The van der Waals surface area contributed by atoms with Crippen LogP contribution < -0.4 is 0 Å². The Morgan fingerprint density at radius 3 is 2.65 bits per heavy atom. The van der Waals surface area contributed by atoms with Crippen LogP contribution in [0.3, 0.4) is 0 Å². The molecule has 3 heterocycles. The molecule has 0 radical (unpaired) electrons. The van der Waals surface area contributed by atoms with Gasteiger partial charge in [-0.25, -0.2) is 4.68 Å². The van der Waals surface area contributed by atoms with E-state index in [0.717, 1.165) is 45.2 Å². The van der Waals surface area contributed by atoms with Crippen LogP contribution in [0.4, 0.5) is 0 Å². The third-order valence-corrected chi connectivity index (χ3v) is 4.98. The van der Waals surface area contributed by atoms with Gasteiger partial charge in [0.15, 0.2) is 0 Å². The predicted octanol–water partition coefficient (Wildman–Crippen LogP) is 0.455. The van der Waals surface area contributed by atoms with Crippen molar-refractivity contribution in [2.24, 2.45) is 0 Å². The summed E-state index contributed by atoms with van der Waals surface area (Å²) in [4.78, 5) is 28.5. The molecular formula is C15H24N6O2. The average molecular weight is 320 g/mol. The zero-order chi connectivity index (χ0) is 16.2. The van der Waals surface area contributed by atoms with E-state index in [2.05, 4.69) is 15.5 Å². The van der Waals surface area contributed by atoms with E-state index in [1.54, 1.807) is 11.6 Å². The lowest BCUT2D eigenvalue weighted by Crippen LogP contribution is -2.50. The molecule has 0 unspecified atom stereocenters. The van der Waals surface area contributed by atoms with Crippen molar-refractivity contribution in [1.82, 2.24) is 30.0 Å². The summed E-state index contributed by atoms with van der Waals surface area (Å²) in [5, 5.41) is 11.0. The van der Waals surface area contributed by atoms with Crippen LogP contribution in [0.2, 0.25) is 0 Å². The van der Waals surface area contributed by atoms with Gasteiger partial charge in [0.2, 0.25) is 11.8 Å². The van der Waals surface area contributed by atoms with Crippen molar-refractivity contribution < 1.29 is 9.59 Å². The lowest BCUT2D eigenvalue weighted by atomic mass is 9.96. The maximum atomic E-state index is 12.7. The number of likely N-dealkylation sites (tertiary alicyclic amines) is 2. The summed E-state index contributed by atoms with van der Waals surface area (Å²) in [5.41, 5.74) is 0. The standard InChI is InChI=1S/C15H24N6O2/c1-12(22)20-10-6-14-13(20)5-3-2-4-8-21(14)15(23)7-9-19-11-16-17-18-19/h11,13-14H,2-10H2,1H3/t13-,14+/m1/s1. The minimum atomic E-state index is 0.124. The highest BCUT2D eigenvalue weighted by Gasteiger charge is 2.40. The third kappa shape index (κ3) is 3.51. The molecular weight excluding hydrogens is 296 g/mol. The van der Waals surface area contributed by atoms with Crippen LogP contribution in [-0.4, -0.2) is 67.0 Å². The topological polar surface area (TPSA) is 84.2 Å². The summed E-state index contributed by atoms with van der Waals surface area (Å²) in [6.45, 7) is 3.68. The van der Waals surface area contributed by atoms with Crippen molar-refractivity contribution >= 4 is 11.8 Å². The van der Waals surface area contributed by atoms with Crippen molar-refractivity contribution in [1.29, 1.82) is 0 Å². The van der Waals surface area contributed by atoms with Gasteiger partial charge in [-0.1, -0.05) is 12.8 Å². The first kappa shape index (κ1) is 15.9. The van der Waals surface area contributed by atoms with E-state index in [-0.39, 0.29) is 23.9 Å². The monoisotopic (exact) mass is 320 g/mol. The van der Waals surface area contributed by atoms with E-state index >= 15 is 0 Å². The molecule has 0 aromatic carbocycles. The molecule has 126 valence electrons. The molecule has 0 N–H and O–H groups in total. The molecule has 2 amide bonds. The molecule has 2 aliphatic rings. The average Bonchev–Trinajstić information content (AvgIpc) is 3.14. The summed E-state index contributed by atoms with van der Waals surface area (Å²) >= 11 is 0. The van der Waals surface area contributed by atoms with Gasteiger partial charge in [-0.2, -0.15) is 0 Å². The molecule has 2 saturated heterocycles. The number of carbonyl (C=O) groups is 2.